The van der Waals surface area contributed by atoms with E-state index in [1.54, 1.807) is 34.8 Å². The van der Waals surface area contributed by atoms with Gasteiger partial charge in [-0.1, -0.05) is 58.5 Å². The Morgan fingerprint density at radius 2 is 0.938 bits per heavy atom. The highest BCUT2D eigenvalue weighted by atomic mass is 35.5. The standard InChI is InChI=1S/C24H10Cl4OS3/c25-11-1-3-15-17(5-11)30-19-7-13(27)9-21(23(15)19)32(29)22-10-14(28)8-20-24(22)16-4-2-12(26)6-18(16)31-20/h1-10H. The van der Waals surface area contributed by atoms with E-state index in [0.717, 1.165) is 40.3 Å². The molecule has 2 heterocycles. The van der Waals surface area contributed by atoms with Gasteiger partial charge in [-0.05, 0) is 48.5 Å². The summed E-state index contributed by atoms with van der Waals surface area (Å²) in [5.74, 6) is 0. The summed E-state index contributed by atoms with van der Waals surface area (Å²) in [4.78, 5) is 1.33. The molecule has 0 atom stereocenters. The first kappa shape index (κ1) is 21.2. The molecule has 0 bridgehead atoms. The van der Waals surface area contributed by atoms with Gasteiger partial charge in [0.05, 0.1) is 20.6 Å². The number of fused-ring (bicyclic) bond motifs is 6. The summed E-state index contributed by atoms with van der Waals surface area (Å²) < 4.78 is 18.1. The van der Waals surface area contributed by atoms with Crippen molar-refractivity contribution in [3.05, 3.63) is 80.8 Å². The summed E-state index contributed by atoms with van der Waals surface area (Å²) >= 11 is 28.5. The van der Waals surface area contributed by atoms with Crippen molar-refractivity contribution in [3.8, 4) is 0 Å². The van der Waals surface area contributed by atoms with Crippen LogP contribution < -0.4 is 0 Å². The SMILES string of the molecule is O=S(c1cc(Cl)cc2sc3cc(Cl)ccc3c12)c1cc(Cl)cc2sc3cc(Cl)ccc3c12. The molecule has 0 spiro atoms. The summed E-state index contributed by atoms with van der Waals surface area (Å²) in [5.41, 5.74) is 0. The van der Waals surface area contributed by atoms with Crippen molar-refractivity contribution in [2.24, 2.45) is 0 Å². The third-order valence-electron chi connectivity index (χ3n) is 5.33. The van der Waals surface area contributed by atoms with Crippen molar-refractivity contribution < 1.29 is 4.21 Å². The molecule has 0 unspecified atom stereocenters. The Labute approximate surface area is 213 Å². The van der Waals surface area contributed by atoms with Gasteiger partial charge in [-0.2, -0.15) is 0 Å². The zero-order valence-corrected chi connectivity index (χ0v) is 21.4. The highest BCUT2D eigenvalue weighted by molar-refractivity contribution is 7.85. The largest absolute Gasteiger partial charge is 0.249 e. The quantitative estimate of drug-likeness (QED) is 0.209. The Hall–Kier alpha value is -1.37. The maximum absolute atomic E-state index is 14.1. The Kier molecular flexibility index (Phi) is 5.19. The van der Waals surface area contributed by atoms with E-state index < -0.39 is 10.8 Å². The summed E-state index contributed by atoms with van der Waals surface area (Å²) in [5, 5.41) is 6.29. The third kappa shape index (κ3) is 3.36. The van der Waals surface area contributed by atoms with E-state index >= 15 is 0 Å². The molecule has 2 aromatic heterocycles. The van der Waals surface area contributed by atoms with E-state index in [-0.39, 0.29) is 0 Å². The molecular weight excluding hydrogens is 542 g/mol. The number of thiophene rings is 2. The minimum atomic E-state index is -1.52. The minimum Gasteiger partial charge on any atom is -0.249 e. The Bertz CT molecular complexity index is 1620. The number of hydrogen-bond acceptors (Lipinski definition) is 3. The van der Waals surface area contributed by atoms with Gasteiger partial charge in [-0.25, -0.2) is 4.21 Å². The first-order valence-corrected chi connectivity index (χ1v) is 13.7. The van der Waals surface area contributed by atoms with Gasteiger partial charge >= 0.3 is 0 Å². The molecule has 158 valence electrons. The number of benzene rings is 4. The first-order valence-electron chi connectivity index (χ1n) is 9.43. The third-order valence-corrected chi connectivity index (χ3v) is 9.88. The average Bonchev–Trinajstić information content (AvgIpc) is 3.28. The fourth-order valence-electron chi connectivity index (χ4n) is 4.03. The highest BCUT2D eigenvalue weighted by Gasteiger charge is 2.21. The second kappa shape index (κ2) is 7.85. The summed E-state index contributed by atoms with van der Waals surface area (Å²) in [6, 6.07) is 18.9. The fraction of sp³-hybridized carbons (Fsp3) is 0. The first-order chi connectivity index (χ1) is 15.4. The summed E-state index contributed by atoms with van der Waals surface area (Å²) in [6.07, 6.45) is 0. The number of hydrogen-bond donors (Lipinski definition) is 0. The molecule has 0 radical (unpaired) electrons. The molecule has 6 rings (SSSR count). The highest BCUT2D eigenvalue weighted by Crippen LogP contribution is 2.44. The van der Waals surface area contributed by atoms with Crippen LogP contribution in [0, 0.1) is 0 Å². The fourth-order valence-corrected chi connectivity index (χ4v) is 9.26. The Morgan fingerprint density at radius 3 is 1.38 bits per heavy atom. The van der Waals surface area contributed by atoms with Crippen molar-refractivity contribution >= 4 is 120 Å². The number of rotatable bonds is 2. The van der Waals surface area contributed by atoms with Crippen molar-refractivity contribution in [1.82, 2.24) is 0 Å². The van der Waals surface area contributed by atoms with E-state index in [2.05, 4.69) is 0 Å². The molecule has 0 N–H and O–H groups in total. The van der Waals surface area contributed by atoms with E-state index in [1.807, 2.05) is 48.5 Å². The second-order valence-electron chi connectivity index (χ2n) is 7.31. The molecule has 1 nitrogen and oxygen atoms in total. The Morgan fingerprint density at radius 1 is 0.531 bits per heavy atom. The van der Waals surface area contributed by atoms with Crippen molar-refractivity contribution in [2.45, 2.75) is 9.79 Å². The van der Waals surface area contributed by atoms with Gasteiger partial charge in [0, 0.05) is 60.4 Å². The monoisotopic (exact) mass is 550 g/mol. The van der Waals surface area contributed by atoms with Crippen molar-refractivity contribution in [2.75, 3.05) is 0 Å². The lowest BCUT2D eigenvalue weighted by atomic mass is 10.1. The van der Waals surface area contributed by atoms with E-state index in [4.69, 9.17) is 46.4 Å². The predicted molar refractivity (Wildman–Crippen MR) is 143 cm³/mol. The molecule has 0 saturated carbocycles. The molecule has 4 aromatic carbocycles. The predicted octanol–water partition coefficient (Wildman–Crippen LogP) is 10.2. The molecule has 6 aromatic rings. The van der Waals surface area contributed by atoms with E-state index in [9.17, 15) is 4.21 Å². The van der Waals surface area contributed by atoms with Crippen molar-refractivity contribution in [3.63, 3.8) is 0 Å². The van der Waals surface area contributed by atoms with Crippen LogP contribution in [0.5, 0.6) is 0 Å². The van der Waals surface area contributed by atoms with Crippen LogP contribution in [0.3, 0.4) is 0 Å². The molecule has 0 saturated heterocycles. The van der Waals surface area contributed by atoms with Gasteiger partial charge in [0.15, 0.2) is 0 Å². The molecule has 8 heteroatoms. The van der Waals surface area contributed by atoms with E-state index in [1.165, 1.54) is 0 Å². The number of halogens is 4. The van der Waals surface area contributed by atoms with Crippen molar-refractivity contribution in [1.29, 1.82) is 0 Å². The molecule has 0 aliphatic carbocycles. The van der Waals surface area contributed by atoms with Crippen LogP contribution in [0.4, 0.5) is 0 Å². The second-order valence-corrected chi connectivity index (χ2v) is 12.6. The van der Waals surface area contributed by atoms with Crippen LogP contribution in [0.2, 0.25) is 20.1 Å². The van der Waals surface area contributed by atoms with Crippen LogP contribution >= 0.6 is 69.1 Å². The van der Waals surface area contributed by atoms with Crippen LogP contribution in [0.1, 0.15) is 0 Å². The van der Waals surface area contributed by atoms with E-state index in [0.29, 0.717) is 29.9 Å². The summed E-state index contributed by atoms with van der Waals surface area (Å²) in [7, 11) is -1.52. The lowest BCUT2D eigenvalue weighted by molar-refractivity contribution is 0.684. The van der Waals surface area contributed by atoms with Crippen LogP contribution in [0.25, 0.3) is 40.3 Å². The van der Waals surface area contributed by atoms with Gasteiger partial charge in [0.25, 0.3) is 0 Å². The van der Waals surface area contributed by atoms with Gasteiger partial charge in [0.1, 0.15) is 0 Å². The normalized spacial score (nSPS) is 12.2. The molecule has 0 fully saturated rings. The average molecular weight is 552 g/mol. The van der Waals surface area contributed by atoms with Gasteiger partial charge in [-0.3, -0.25) is 0 Å². The maximum Gasteiger partial charge on any atom is 0.0864 e. The molecule has 0 aliphatic heterocycles. The molecule has 0 aliphatic rings. The van der Waals surface area contributed by atoms with Crippen LogP contribution in [0.15, 0.2) is 70.5 Å². The Balaban J connectivity index is 1.69. The molecule has 32 heavy (non-hydrogen) atoms. The van der Waals surface area contributed by atoms with Gasteiger partial charge < -0.3 is 0 Å². The molecular formula is C24H10Cl4OS3. The zero-order chi connectivity index (χ0) is 22.1. The minimum absolute atomic E-state index is 0.540. The maximum atomic E-state index is 14.1. The smallest absolute Gasteiger partial charge is 0.0864 e. The van der Waals surface area contributed by atoms with Gasteiger partial charge in [0.2, 0.25) is 0 Å². The summed E-state index contributed by atoms with van der Waals surface area (Å²) in [6.45, 7) is 0. The van der Waals surface area contributed by atoms with Crippen LogP contribution in [-0.4, -0.2) is 4.21 Å². The van der Waals surface area contributed by atoms with Gasteiger partial charge in [-0.15, -0.1) is 22.7 Å². The lowest BCUT2D eigenvalue weighted by Gasteiger charge is -2.09. The van der Waals surface area contributed by atoms with Crippen LogP contribution in [-0.2, 0) is 10.8 Å². The topological polar surface area (TPSA) is 17.1 Å². The zero-order valence-electron chi connectivity index (χ0n) is 15.9. The molecule has 0 amide bonds. The lowest BCUT2D eigenvalue weighted by Crippen LogP contribution is -1.95.